The van der Waals surface area contributed by atoms with Crippen molar-refractivity contribution < 1.29 is 24.2 Å². The number of nitrogens with zero attached hydrogens (tertiary/aromatic N) is 2. The molecular formula is C22H27N3O7. The van der Waals surface area contributed by atoms with Gasteiger partial charge in [-0.25, -0.2) is 4.79 Å². The van der Waals surface area contributed by atoms with Gasteiger partial charge in [-0.05, 0) is 30.5 Å². The van der Waals surface area contributed by atoms with E-state index in [0.717, 1.165) is 28.4 Å². The molecule has 0 aliphatic heterocycles. The molecule has 32 heavy (non-hydrogen) atoms. The van der Waals surface area contributed by atoms with Gasteiger partial charge in [-0.2, -0.15) is 0 Å². The molecule has 1 aromatic heterocycles. The molecule has 2 aromatic rings. The fraction of sp³-hybridized carbons (Fsp3) is 0.455. The second-order valence-electron chi connectivity index (χ2n) is 7.63. The minimum absolute atomic E-state index is 0.126. The van der Waals surface area contributed by atoms with E-state index in [9.17, 15) is 24.3 Å². The zero-order valence-corrected chi connectivity index (χ0v) is 18.1. The lowest BCUT2D eigenvalue weighted by Gasteiger charge is -2.25. The molecule has 1 fully saturated rings. The van der Waals surface area contributed by atoms with Gasteiger partial charge in [-0.3, -0.25) is 18.7 Å². The van der Waals surface area contributed by atoms with Gasteiger partial charge in [0.2, 0.25) is 5.88 Å². The Labute approximate surface area is 184 Å². The molecule has 0 atom stereocenters. The molecule has 10 nitrogen and oxygen atoms in total. The summed E-state index contributed by atoms with van der Waals surface area (Å²) in [5.74, 6) is -0.703. The van der Waals surface area contributed by atoms with Crippen LogP contribution in [0.2, 0.25) is 0 Å². The van der Waals surface area contributed by atoms with Crippen LogP contribution in [0.15, 0.2) is 27.8 Å². The van der Waals surface area contributed by atoms with Gasteiger partial charge >= 0.3 is 5.69 Å². The summed E-state index contributed by atoms with van der Waals surface area (Å²) in [4.78, 5) is 49.7. The highest BCUT2D eigenvalue weighted by Gasteiger charge is 2.28. The van der Waals surface area contributed by atoms with Gasteiger partial charge in [0.25, 0.3) is 11.5 Å². The number of rotatable bonds is 8. The molecular weight excluding hydrogens is 418 g/mol. The monoisotopic (exact) mass is 445 g/mol. The zero-order chi connectivity index (χ0) is 23.3. The molecule has 1 saturated carbocycles. The Morgan fingerprint density at radius 3 is 2.31 bits per heavy atom. The molecule has 1 heterocycles. The molecule has 1 aliphatic rings. The van der Waals surface area contributed by atoms with Crippen molar-refractivity contribution in [3.8, 4) is 17.4 Å². The first-order chi connectivity index (χ1) is 15.4. The maximum atomic E-state index is 13.3. The number of amides is 1. The third-order valence-corrected chi connectivity index (χ3v) is 5.61. The second-order valence-corrected chi connectivity index (χ2v) is 7.63. The molecule has 3 rings (SSSR count). The minimum atomic E-state index is -0.916. The van der Waals surface area contributed by atoms with Crippen LogP contribution in [0.25, 0.3) is 0 Å². The topological polar surface area (TPSA) is 129 Å². The van der Waals surface area contributed by atoms with E-state index in [4.69, 9.17) is 9.47 Å². The Morgan fingerprint density at radius 1 is 1.12 bits per heavy atom. The van der Waals surface area contributed by atoms with Crippen molar-refractivity contribution in [3.05, 3.63) is 50.2 Å². The number of methoxy groups -OCH3 is 2. The molecule has 172 valence electrons. The number of hydrogen-bond acceptors (Lipinski definition) is 7. The van der Waals surface area contributed by atoms with Crippen molar-refractivity contribution in [2.45, 2.75) is 44.7 Å². The van der Waals surface area contributed by atoms with Gasteiger partial charge in [0, 0.05) is 12.1 Å². The van der Waals surface area contributed by atoms with Crippen molar-refractivity contribution in [1.29, 1.82) is 0 Å². The summed E-state index contributed by atoms with van der Waals surface area (Å²) in [6.07, 6.45) is 4.44. The summed E-state index contributed by atoms with van der Waals surface area (Å²) in [5.41, 5.74) is -1.56. The number of ether oxygens (including phenoxy) is 2. The smallest absolute Gasteiger partial charge is 0.334 e. The van der Waals surface area contributed by atoms with Gasteiger partial charge in [0.15, 0.2) is 5.56 Å². The minimum Gasteiger partial charge on any atom is -0.497 e. The fourth-order valence-corrected chi connectivity index (χ4v) is 4.02. The quantitative estimate of drug-likeness (QED) is 0.585. The van der Waals surface area contributed by atoms with E-state index in [0.29, 0.717) is 36.2 Å². The van der Waals surface area contributed by atoms with E-state index in [-0.39, 0.29) is 19.1 Å². The first-order valence-electron chi connectivity index (χ1n) is 10.4. The van der Waals surface area contributed by atoms with E-state index in [1.54, 1.807) is 18.2 Å². The fourth-order valence-electron chi connectivity index (χ4n) is 4.02. The number of nitrogens with one attached hydrogen (secondary N) is 1. The first kappa shape index (κ1) is 23.1. The highest BCUT2D eigenvalue weighted by molar-refractivity contribution is 5.96. The van der Waals surface area contributed by atoms with Gasteiger partial charge in [-0.15, -0.1) is 0 Å². The Morgan fingerprint density at radius 2 is 1.75 bits per heavy atom. The lowest BCUT2D eigenvalue weighted by Crippen LogP contribution is -2.46. The molecule has 0 spiro atoms. The van der Waals surface area contributed by atoms with Crippen LogP contribution < -0.4 is 26.0 Å². The Bertz CT molecular complexity index is 1090. The van der Waals surface area contributed by atoms with Crippen LogP contribution in [0.1, 0.15) is 54.1 Å². The molecule has 10 heteroatoms. The van der Waals surface area contributed by atoms with Crippen LogP contribution in [0, 0.1) is 0 Å². The average molecular weight is 445 g/mol. The van der Waals surface area contributed by atoms with Crippen LogP contribution in [0.4, 0.5) is 0 Å². The van der Waals surface area contributed by atoms with Crippen molar-refractivity contribution >= 4 is 12.2 Å². The molecule has 2 N–H and O–H groups in total. The van der Waals surface area contributed by atoms with Gasteiger partial charge in [-0.1, -0.05) is 19.3 Å². The number of aromatic hydroxyl groups is 1. The number of hydrogen-bond donors (Lipinski definition) is 2. The number of carbonyl (C=O) groups excluding carboxylic acids is 2. The normalized spacial score (nSPS) is 14.1. The van der Waals surface area contributed by atoms with Crippen LogP contribution in [-0.2, 0) is 11.3 Å². The van der Waals surface area contributed by atoms with Gasteiger partial charge in [0.1, 0.15) is 17.8 Å². The van der Waals surface area contributed by atoms with E-state index in [2.05, 4.69) is 5.32 Å². The van der Waals surface area contributed by atoms with Crippen LogP contribution in [0.5, 0.6) is 17.4 Å². The number of benzene rings is 1. The third kappa shape index (κ3) is 4.68. The highest BCUT2D eigenvalue weighted by atomic mass is 16.5. The van der Waals surface area contributed by atoms with Crippen molar-refractivity contribution in [2.75, 3.05) is 20.8 Å². The summed E-state index contributed by atoms with van der Waals surface area (Å²) in [6.45, 7) is -0.452. The number of carbonyl (C=O) groups is 2. The van der Waals surface area contributed by atoms with E-state index in [1.807, 2.05) is 0 Å². The van der Waals surface area contributed by atoms with E-state index in [1.165, 1.54) is 14.2 Å². The predicted molar refractivity (Wildman–Crippen MR) is 116 cm³/mol. The standard InChI is InChI=1S/C22H27N3O7/c1-31-16-10-14(11-17(12-16)32-2)13-24-20(28)18(19(27)23-8-9-26)21(29)25(22(24)30)15-6-4-3-5-7-15/h9-12,15,28H,3-8,13H2,1-2H3,(H,23,27). The highest BCUT2D eigenvalue weighted by Crippen LogP contribution is 2.27. The number of aromatic nitrogens is 2. The Balaban J connectivity index is 2.18. The zero-order valence-electron chi connectivity index (χ0n) is 18.1. The summed E-state index contributed by atoms with van der Waals surface area (Å²) in [6, 6.07) is 4.62. The van der Waals surface area contributed by atoms with Crippen LogP contribution in [0.3, 0.4) is 0 Å². The maximum Gasteiger partial charge on any atom is 0.334 e. The first-order valence-corrected chi connectivity index (χ1v) is 10.4. The average Bonchev–Trinajstić information content (AvgIpc) is 2.80. The molecule has 0 unspecified atom stereocenters. The lowest BCUT2D eigenvalue weighted by molar-refractivity contribution is -0.107. The molecule has 1 amide bonds. The van der Waals surface area contributed by atoms with Crippen molar-refractivity contribution in [1.82, 2.24) is 14.5 Å². The summed E-state index contributed by atoms with van der Waals surface area (Å²) < 4.78 is 12.6. The summed E-state index contributed by atoms with van der Waals surface area (Å²) in [7, 11) is 2.97. The SMILES string of the molecule is COc1cc(Cn2c(O)c(C(=O)NCC=O)c(=O)n(C3CCCCC3)c2=O)cc(OC)c1. The van der Waals surface area contributed by atoms with Crippen molar-refractivity contribution in [3.63, 3.8) is 0 Å². The maximum absolute atomic E-state index is 13.3. The lowest BCUT2D eigenvalue weighted by atomic mass is 9.95. The summed E-state index contributed by atoms with van der Waals surface area (Å²) >= 11 is 0. The second kappa shape index (κ2) is 10.2. The third-order valence-electron chi connectivity index (χ3n) is 5.61. The molecule has 1 aliphatic carbocycles. The van der Waals surface area contributed by atoms with Crippen LogP contribution in [-0.4, -0.2) is 47.2 Å². The van der Waals surface area contributed by atoms with Gasteiger partial charge in [0.05, 0.1) is 27.3 Å². The number of aldehydes is 1. The Hall–Kier alpha value is -3.56. The van der Waals surface area contributed by atoms with Gasteiger partial charge < -0.3 is 24.7 Å². The largest absolute Gasteiger partial charge is 0.497 e. The molecule has 0 radical (unpaired) electrons. The Kier molecular flexibility index (Phi) is 7.34. The van der Waals surface area contributed by atoms with Crippen molar-refractivity contribution in [2.24, 2.45) is 0 Å². The molecule has 0 bridgehead atoms. The summed E-state index contributed by atoms with van der Waals surface area (Å²) in [5, 5.41) is 13.1. The van der Waals surface area contributed by atoms with Crippen LogP contribution >= 0.6 is 0 Å². The molecule has 0 saturated heterocycles. The predicted octanol–water partition coefficient (Wildman–Crippen LogP) is 1.21. The van der Waals surface area contributed by atoms with E-state index >= 15 is 0 Å². The van der Waals surface area contributed by atoms with E-state index < -0.39 is 28.6 Å². The molecule has 1 aromatic carbocycles.